The zero-order valence-corrected chi connectivity index (χ0v) is 13.6. The molecule has 118 valence electrons. The second-order valence-corrected chi connectivity index (χ2v) is 5.68. The highest BCUT2D eigenvalue weighted by molar-refractivity contribution is 5.80. The minimum Gasteiger partial charge on any atom is -0.383 e. The first kappa shape index (κ1) is 17.2. The van der Waals surface area contributed by atoms with E-state index < -0.39 is 0 Å². The van der Waals surface area contributed by atoms with Gasteiger partial charge in [-0.1, -0.05) is 12.8 Å². The third-order valence-corrected chi connectivity index (χ3v) is 3.81. The minimum absolute atomic E-state index is 0.269. The summed E-state index contributed by atoms with van der Waals surface area (Å²) in [6, 6.07) is 1.04. The highest BCUT2D eigenvalue weighted by Crippen LogP contribution is 2.21. The van der Waals surface area contributed by atoms with Gasteiger partial charge in [0.25, 0.3) is 0 Å². The summed E-state index contributed by atoms with van der Waals surface area (Å²) in [5.74, 6) is 0.886. The fourth-order valence-electron chi connectivity index (χ4n) is 2.69. The van der Waals surface area contributed by atoms with E-state index >= 15 is 0 Å². The summed E-state index contributed by atoms with van der Waals surface area (Å²) in [4.78, 5) is 7.10. The number of ether oxygens (including phenoxy) is 1. The molecule has 2 N–H and O–H groups in total. The number of nitrogens with zero attached hydrogens (tertiary/aromatic N) is 2. The molecular weight excluding hydrogens is 252 g/mol. The van der Waals surface area contributed by atoms with E-state index in [1.165, 1.54) is 25.7 Å². The van der Waals surface area contributed by atoms with Crippen molar-refractivity contribution in [2.75, 3.05) is 40.4 Å². The van der Waals surface area contributed by atoms with Crippen LogP contribution in [0.2, 0.25) is 0 Å². The molecule has 0 heterocycles. The molecule has 0 spiro atoms. The number of guanidine groups is 1. The van der Waals surface area contributed by atoms with Crippen LogP contribution >= 0.6 is 0 Å². The Kier molecular flexibility index (Phi) is 8.62. The number of likely N-dealkylation sites (N-methyl/N-ethyl adjacent to an activating group) is 1. The summed E-state index contributed by atoms with van der Waals surface area (Å²) in [6.07, 6.45) is 5.47. The first-order chi connectivity index (χ1) is 9.67. The number of hydrogen-bond acceptors (Lipinski definition) is 3. The Bertz CT molecular complexity index is 277. The normalized spacial score (nSPS) is 18.6. The minimum atomic E-state index is 0.269. The van der Waals surface area contributed by atoms with Crippen molar-refractivity contribution in [3.05, 3.63) is 0 Å². The molecule has 5 heteroatoms. The van der Waals surface area contributed by atoms with Crippen LogP contribution in [-0.2, 0) is 4.74 Å². The van der Waals surface area contributed by atoms with Gasteiger partial charge in [-0.3, -0.25) is 4.99 Å². The molecule has 0 aromatic rings. The molecular formula is C15H32N4O. The van der Waals surface area contributed by atoms with E-state index in [9.17, 15) is 0 Å². The van der Waals surface area contributed by atoms with Crippen LogP contribution in [0.15, 0.2) is 4.99 Å². The van der Waals surface area contributed by atoms with Crippen LogP contribution in [-0.4, -0.2) is 63.3 Å². The topological polar surface area (TPSA) is 48.9 Å². The number of aliphatic imine (C=N–C) groups is 1. The highest BCUT2D eigenvalue weighted by Gasteiger charge is 2.18. The van der Waals surface area contributed by atoms with Gasteiger partial charge in [0.15, 0.2) is 5.96 Å². The van der Waals surface area contributed by atoms with Crippen molar-refractivity contribution in [3.8, 4) is 0 Å². The largest absolute Gasteiger partial charge is 0.383 e. The molecule has 1 fully saturated rings. The molecule has 1 saturated carbocycles. The molecule has 0 bridgehead atoms. The van der Waals surface area contributed by atoms with E-state index in [0.717, 1.165) is 31.6 Å². The van der Waals surface area contributed by atoms with Crippen LogP contribution < -0.4 is 10.6 Å². The predicted molar refractivity (Wildman–Crippen MR) is 85.3 cm³/mol. The summed E-state index contributed by atoms with van der Waals surface area (Å²) in [6.45, 7) is 7.61. The molecule has 0 saturated heterocycles. The van der Waals surface area contributed by atoms with Gasteiger partial charge in [-0.15, -0.1) is 0 Å². The van der Waals surface area contributed by atoms with Crippen LogP contribution in [0.3, 0.4) is 0 Å². The fraction of sp³-hybridized carbons (Fsp3) is 0.933. The molecule has 1 rings (SSSR count). The summed E-state index contributed by atoms with van der Waals surface area (Å²) in [5.41, 5.74) is 0. The lowest BCUT2D eigenvalue weighted by Crippen LogP contribution is -2.44. The lowest BCUT2D eigenvalue weighted by atomic mass is 10.2. The van der Waals surface area contributed by atoms with Gasteiger partial charge in [-0.05, 0) is 33.7 Å². The van der Waals surface area contributed by atoms with Gasteiger partial charge in [-0.2, -0.15) is 0 Å². The maximum Gasteiger partial charge on any atom is 0.191 e. The number of hydrogen-bond donors (Lipinski definition) is 2. The van der Waals surface area contributed by atoms with E-state index in [1.807, 2.05) is 0 Å². The van der Waals surface area contributed by atoms with Crippen LogP contribution in [0.1, 0.15) is 39.5 Å². The first-order valence-electron chi connectivity index (χ1n) is 7.91. The number of rotatable bonds is 8. The Balaban J connectivity index is 2.33. The van der Waals surface area contributed by atoms with Crippen LogP contribution in [0, 0.1) is 0 Å². The van der Waals surface area contributed by atoms with Crippen molar-refractivity contribution in [2.24, 2.45) is 4.99 Å². The summed E-state index contributed by atoms with van der Waals surface area (Å²) < 4.78 is 5.14. The molecule has 0 aromatic carbocycles. The molecule has 0 aromatic heterocycles. The van der Waals surface area contributed by atoms with Gasteiger partial charge in [0.05, 0.1) is 13.2 Å². The fourth-order valence-corrected chi connectivity index (χ4v) is 2.69. The van der Waals surface area contributed by atoms with E-state index in [1.54, 1.807) is 7.11 Å². The van der Waals surface area contributed by atoms with Gasteiger partial charge >= 0.3 is 0 Å². The Morgan fingerprint density at radius 1 is 1.40 bits per heavy atom. The maximum absolute atomic E-state index is 5.14. The highest BCUT2D eigenvalue weighted by atomic mass is 16.5. The van der Waals surface area contributed by atoms with E-state index in [-0.39, 0.29) is 6.04 Å². The zero-order chi connectivity index (χ0) is 14.8. The van der Waals surface area contributed by atoms with E-state index in [4.69, 9.17) is 4.74 Å². The van der Waals surface area contributed by atoms with Crippen LogP contribution in [0.25, 0.3) is 0 Å². The third-order valence-electron chi connectivity index (χ3n) is 3.81. The molecule has 0 aliphatic heterocycles. The van der Waals surface area contributed by atoms with Gasteiger partial charge < -0.3 is 20.3 Å². The summed E-state index contributed by atoms with van der Waals surface area (Å²) in [5, 5.41) is 6.64. The van der Waals surface area contributed by atoms with Crippen molar-refractivity contribution in [1.29, 1.82) is 0 Å². The van der Waals surface area contributed by atoms with Crippen LogP contribution in [0.5, 0.6) is 0 Å². The van der Waals surface area contributed by atoms with E-state index in [0.29, 0.717) is 6.61 Å². The lowest BCUT2D eigenvalue weighted by Gasteiger charge is -2.23. The SMILES string of the molecule is CCNC(=NCCN(C)C1CCCC1)NC(C)COC. The Labute approximate surface area is 124 Å². The van der Waals surface area contributed by atoms with Crippen molar-refractivity contribution >= 4 is 5.96 Å². The first-order valence-corrected chi connectivity index (χ1v) is 7.91. The average Bonchev–Trinajstić information content (AvgIpc) is 2.93. The number of nitrogens with one attached hydrogen (secondary N) is 2. The molecule has 5 nitrogen and oxygen atoms in total. The van der Waals surface area contributed by atoms with Crippen LogP contribution in [0.4, 0.5) is 0 Å². The van der Waals surface area contributed by atoms with Crippen molar-refractivity contribution in [2.45, 2.75) is 51.6 Å². The quantitative estimate of drug-likeness (QED) is 0.523. The molecule has 1 atom stereocenters. The van der Waals surface area contributed by atoms with Gasteiger partial charge in [-0.25, -0.2) is 0 Å². The van der Waals surface area contributed by atoms with E-state index in [2.05, 4.69) is 41.4 Å². The molecule has 1 unspecified atom stereocenters. The molecule has 1 aliphatic carbocycles. The molecule has 0 radical (unpaired) electrons. The molecule has 20 heavy (non-hydrogen) atoms. The average molecular weight is 284 g/mol. The summed E-state index contributed by atoms with van der Waals surface area (Å²) in [7, 11) is 3.94. The van der Waals surface area contributed by atoms with Gasteiger partial charge in [0, 0.05) is 32.3 Å². The smallest absolute Gasteiger partial charge is 0.191 e. The lowest BCUT2D eigenvalue weighted by molar-refractivity contribution is 0.179. The Morgan fingerprint density at radius 3 is 2.70 bits per heavy atom. The standard InChI is InChI=1S/C15H32N4O/c1-5-16-15(18-13(2)12-20-4)17-10-11-19(3)14-8-6-7-9-14/h13-14H,5-12H2,1-4H3,(H2,16,17,18). The van der Waals surface area contributed by atoms with Gasteiger partial charge in [0.2, 0.25) is 0 Å². The maximum atomic E-state index is 5.14. The predicted octanol–water partition coefficient (Wildman–Crippen LogP) is 1.45. The van der Waals surface area contributed by atoms with Crippen molar-refractivity contribution in [1.82, 2.24) is 15.5 Å². The second-order valence-electron chi connectivity index (χ2n) is 5.68. The monoisotopic (exact) mass is 284 g/mol. The number of methoxy groups -OCH3 is 1. The third kappa shape index (κ3) is 6.57. The van der Waals surface area contributed by atoms with Gasteiger partial charge in [0.1, 0.15) is 0 Å². The second kappa shape index (κ2) is 10.00. The zero-order valence-electron chi connectivity index (χ0n) is 13.6. The Morgan fingerprint density at radius 2 is 2.10 bits per heavy atom. The Hall–Kier alpha value is -0.810. The van der Waals surface area contributed by atoms with Crippen molar-refractivity contribution in [3.63, 3.8) is 0 Å². The van der Waals surface area contributed by atoms with Crippen molar-refractivity contribution < 1.29 is 4.74 Å². The molecule has 0 amide bonds. The molecule has 1 aliphatic rings. The summed E-state index contributed by atoms with van der Waals surface area (Å²) >= 11 is 0.